The molecule has 0 spiro atoms. The number of halogens is 2. The van der Waals surface area contributed by atoms with Crippen LogP contribution in [0.25, 0.3) is 0 Å². The van der Waals surface area contributed by atoms with Gasteiger partial charge in [-0.15, -0.1) is 0 Å². The Hall–Kier alpha value is -2.50. The van der Waals surface area contributed by atoms with Crippen molar-refractivity contribution in [2.75, 3.05) is 5.32 Å². The van der Waals surface area contributed by atoms with Crippen LogP contribution in [0.1, 0.15) is 46.5 Å². The molecule has 1 aliphatic carbocycles. The van der Waals surface area contributed by atoms with Crippen LogP contribution >= 0.6 is 0 Å². The van der Waals surface area contributed by atoms with E-state index in [1.165, 1.54) is 6.07 Å². The fourth-order valence-electron chi connectivity index (χ4n) is 3.93. The average molecular weight is 374 g/mol. The summed E-state index contributed by atoms with van der Waals surface area (Å²) in [4.78, 5) is 25.6. The average Bonchev–Trinajstić information content (AvgIpc) is 2.57. The SMILES string of the molecule is CC1=C(C(=O)Nc2c(F)cccc2F)C(CC(C)C)C2=C(CCCC2=O)N1. The number of benzene rings is 1. The van der Waals surface area contributed by atoms with Gasteiger partial charge in [-0.2, -0.15) is 0 Å². The Morgan fingerprint density at radius 1 is 1.26 bits per heavy atom. The highest BCUT2D eigenvalue weighted by molar-refractivity contribution is 6.08. The fourth-order valence-corrected chi connectivity index (χ4v) is 3.93. The molecule has 1 aliphatic heterocycles. The van der Waals surface area contributed by atoms with Crippen molar-refractivity contribution in [2.45, 2.75) is 46.5 Å². The van der Waals surface area contributed by atoms with Gasteiger partial charge in [0.05, 0.1) is 0 Å². The molecule has 1 amide bonds. The number of carbonyl (C=O) groups excluding carboxylic acids is 2. The summed E-state index contributed by atoms with van der Waals surface area (Å²) in [6.07, 6.45) is 2.63. The van der Waals surface area contributed by atoms with E-state index in [-0.39, 0.29) is 17.6 Å². The van der Waals surface area contributed by atoms with Crippen LogP contribution in [0.2, 0.25) is 0 Å². The van der Waals surface area contributed by atoms with Gasteiger partial charge in [0.25, 0.3) is 5.91 Å². The number of carbonyl (C=O) groups is 2. The lowest BCUT2D eigenvalue weighted by Gasteiger charge is -2.35. The second-order valence-corrected chi connectivity index (χ2v) is 7.57. The normalized spacial score (nSPS) is 19.9. The topological polar surface area (TPSA) is 58.2 Å². The Labute approximate surface area is 157 Å². The third-order valence-corrected chi connectivity index (χ3v) is 5.05. The zero-order valence-corrected chi connectivity index (χ0v) is 15.8. The Morgan fingerprint density at radius 2 is 1.93 bits per heavy atom. The summed E-state index contributed by atoms with van der Waals surface area (Å²) >= 11 is 0. The summed E-state index contributed by atoms with van der Waals surface area (Å²) in [5.41, 5.74) is 2.06. The second-order valence-electron chi connectivity index (χ2n) is 7.57. The van der Waals surface area contributed by atoms with Crippen LogP contribution in [0.5, 0.6) is 0 Å². The van der Waals surface area contributed by atoms with Crippen molar-refractivity contribution in [1.82, 2.24) is 5.32 Å². The summed E-state index contributed by atoms with van der Waals surface area (Å²) in [5, 5.41) is 5.56. The van der Waals surface area contributed by atoms with E-state index in [0.29, 0.717) is 29.7 Å². The van der Waals surface area contributed by atoms with Crippen molar-refractivity contribution < 1.29 is 18.4 Å². The maximum Gasteiger partial charge on any atom is 0.254 e. The number of para-hydroxylation sites is 1. The van der Waals surface area contributed by atoms with Crippen molar-refractivity contribution in [2.24, 2.45) is 11.8 Å². The number of rotatable bonds is 4. The van der Waals surface area contributed by atoms with Gasteiger partial charge in [-0.3, -0.25) is 9.59 Å². The molecule has 1 atom stereocenters. The van der Waals surface area contributed by atoms with Gasteiger partial charge in [0, 0.05) is 34.9 Å². The van der Waals surface area contributed by atoms with Crippen molar-refractivity contribution in [3.05, 3.63) is 52.4 Å². The third-order valence-electron chi connectivity index (χ3n) is 5.05. The molecule has 0 fully saturated rings. The first-order valence-corrected chi connectivity index (χ1v) is 9.29. The van der Waals surface area contributed by atoms with E-state index in [1.807, 2.05) is 13.8 Å². The van der Waals surface area contributed by atoms with Crippen LogP contribution in [0.4, 0.5) is 14.5 Å². The molecule has 0 saturated heterocycles. The van der Waals surface area contributed by atoms with E-state index in [4.69, 9.17) is 0 Å². The van der Waals surface area contributed by atoms with Gasteiger partial charge in [0.15, 0.2) is 5.78 Å². The first kappa shape index (κ1) is 19.3. The van der Waals surface area contributed by atoms with E-state index >= 15 is 0 Å². The van der Waals surface area contributed by atoms with Crippen molar-refractivity contribution in [3.8, 4) is 0 Å². The molecule has 0 aromatic heterocycles. The number of hydrogen-bond acceptors (Lipinski definition) is 3. The number of allylic oxidation sites excluding steroid dienone is 3. The number of ketones is 1. The predicted molar refractivity (Wildman–Crippen MR) is 99.7 cm³/mol. The summed E-state index contributed by atoms with van der Waals surface area (Å²) in [6.45, 7) is 5.82. The summed E-state index contributed by atoms with van der Waals surface area (Å²) in [6, 6.07) is 3.43. The van der Waals surface area contributed by atoms with E-state index in [2.05, 4.69) is 10.6 Å². The number of hydrogen-bond donors (Lipinski definition) is 2. The molecule has 6 heteroatoms. The number of nitrogens with one attached hydrogen (secondary N) is 2. The molecule has 0 saturated carbocycles. The quantitative estimate of drug-likeness (QED) is 0.819. The molecule has 0 bridgehead atoms. The highest BCUT2D eigenvalue weighted by Gasteiger charge is 2.37. The van der Waals surface area contributed by atoms with Gasteiger partial charge in [0.2, 0.25) is 0 Å². The number of anilines is 1. The van der Waals surface area contributed by atoms with E-state index in [0.717, 1.165) is 30.7 Å². The van der Waals surface area contributed by atoms with Gasteiger partial charge in [-0.25, -0.2) is 8.78 Å². The minimum Gasteiger partial charge on any atom is -0.362 e. The number of dihydropyridines is 1. The lowest BCUT2D eigenvalue weighted by Crippen LogP contribution is -2.37. The third kappa shape index (κ3) is 3.80. The zero-order chi connectivity index (χ0) is 19.7. The summed E-state index contributed by atoms with van der Waals surface area (Å²) < 4.78 is 27.9. The van der Waals surface area contributed by atoms with E-state index in [1.54, 1.807) is 6.92 Å². The first-order valence-electron chi connectivity index (χ1n) is 9.29. The van der Waals surface area contributed by atoms with E-state index in [9.17, 15) is 18.4 Å². The monoisotopic (exact) mass is 374 g/mol. The minimum absolute atomic E-state index is 0.0456. The Balaban J connectivity index is 1.99. The van der Waals surface area contributed by atoms with Crippen molar-refractivity contribution in [3.63, 3.8) is 0 Å². The first-order chi connectivity index (χ1) is 12.8. The number of amides is 1. The minimum atomic E-state index is -0.834. The van der Waals surface area contributed by atoms with Crippen LogP contribution in [-0.2, 0) is 9.59 Å². The van der Waals surface area contributed by atoms with Crippen LogP contribution in [-0.4, -0.2) is 11.7 Å². The Kier molecular flexibility index (Phi) is 5.44. The van der Waals surface area contributed by atoms with Crippen LogP contribution in [0.15, 0.2) is 40.7 Å². The Morgan fingerprint density at radius 3 is 2.56 bits per heavy atom. The lowest BCUT2D eigenvalue weighted by molar-refractivity contribution is -0.116. The highest BCUT2D eigenvalue weighted by Crippen LogP contribution is 2.39. The van der Waals surface area contributed by atoms with Crippen LogP contribution in [0, 0.1) is 23.5 Å². The molecule has 0 radical (unpaired) electrons. The number of Topliss-reactive ketones (excluding diaryl/α,β-unsaturated/α-hetero) is 1. The fraction of sp³-hybridized carbons (Fsp3) is 0.429. The van der Waals surface area contributed by atoms with Crippen LogP contribution < -0.4 is 10.6 Å². The second kappa shape index (κ2) is 7.62. The molecule has 1 aromatic carbocycles. The van der Waals surface area contributed by atoms with Gasteiger partial charge < -0.3 is 10.6 Å². The van der Waals surface area contributed by atoms with Crippen LogP contribution in [0.3, 0.4) is 0 Å². The molecule has 2 N–H and O–H groups in total. The molecule has 4 nitrogen and oxygen atoms in total. The van der Waals surface area contributed by atoms with Gasteiger partial charge in [0.1, 0.15) is 17.3 Å². The molecule has 144 valence electrons. The van der Waals surface area contributed by atoms with Crippen molar-refractivity contribution in [1.29, 1.82) is 0 Å². The molecular weight excluding hydrogens is 350 g/mol. The van der Waals surface area contributed by atoms with Gasteiger partial charge in [-0.1, -0.05) is 19.9 Å². The predicted octanol–water partition coefficient (Wildman–Crippen LogP) is 4.45. The summed E-state index contributed by atoms with van der Waals surface area (Å²) in [7, 11) is 0. The lowest BCUT2D eigenvalue weighted by atomic mass is 9.75. The summed E-state index contributed by atoms with van der Waals surface area (Å²) in [5.74, 6) is -2.33. The molecule has 27 heavy (non-hydrogen) atoms. The zero-order valence-electron chi connectivity index (χ0n) is 15.8. The molecule has 2 aliphatic rings. The molecule has 1 unspecified atom stereocenters. The van der Waals surface area contributed by atoms with Crippen molar-refractivity contribution >= 4 is 17.4 Å². The van der Waals surface area contributed by atoms with Gasteiger partial charge >= 0.3 is 0 Å². The molecular formula is C21H24F2N2O2. The standard InChI is InChI=1S/C21H24F2N2O2/c1-11(2)10-13-18(12(3)24-16-8-5-9-17(26)19(13)16)21(27)25-20-14(22)6-4-7-15(20)23/h4,6-7,11,13,24H,5,8-10H2,1-3H3,(H,25,27). The smallest absolute Gasteiger partial charge is 0.254 e. The molecule has 3 rings (SSSR count). The molecule has 1 aromatic rings. The Bertz CT molecular complexity index is 835. The maximum atomic E-state index is 14.0. The maximum absolute atomic E-state index is 14.0. The largest absolute Gasteiger partial charge is 0.362 e. The highest BCUT2D eigenvalue weighted by atomic mass is 19.1. The van der Waals surface area contributed by atoms with E-state index < -0.39 is 23.2 Å². The molecule has 1 heterocycles. The van der Waals surface area contributed by atoms with Gasteiger partial charge in [-0.05, 0) is 44.2 Å².